The van der Waals surface area contributed by atoms with Crippen molar-refractivity contribution < 1.29 is 19.4 Å². The number of nitrogen functional groups attached to an aromatic ring is 1. The number of aromatic hydroxyl groups is 1. The van der Waals surface area contributed by atoms with Crippen molar-refractivity contribution in [2.75, 3.05) is 7.11 Å². The van der Waals surface area contributed by atoms with Gasteiger partial charge in [0.2, 0.25) is 0 Å². The van der Waals surface area contributed by atoms with Gasteiger partial charge in [-0.25, -0.2) is 0 Å². The maximum atomic E-state index is 12.7. The number of rotatable bonds is 6. The Hall–Kier alpha value is -4.07. The summed E-state index contributed by atoms with van der Waals surface area (Å²) in [4.78, 5) is 25.3. The number of hydrogen-bond acceptors (Lipinski definition) is 5. The molecule has 0 saturated carbocycles. The van der Waals surface area contributed by atoms with E-state index in [0.717, 1.165) is 0 Å². The van der Waals surface area contributed by atoms with Crippen molar-refractivity contribution in [3.8, 4) is 11.5 Å². The minimum atomic E-state index is -0.558. The van der Waals surface area contributed by atoms with Crippen LogP contribution in [0, 0.1) is 5.41 Å². The molecule has 3 rings (SSSR count). The molecule has 0 heterocycles. The van der Waals surface area contributed by atoms with Gasteiger partial charge < -0.3 is 26.2 Å². The molecular weight excluding hydrogens is 384 g/mol. The number of amides is 2. The van der Waals surface area contributed by atoms with Gasteiger partial charge in [0.15, 0.2) is 0 Å². The summed E-state index contributed by atoms with van der Waals surface area (Å²) < 4.78 is 5.09. The zero-order valence-electron chi connectivity index (χ0n) is 16.4. The number of benzene rings is 2. The molecule has 0 saturated heterocycles. The molecule has 2 aromatic rings. The first-order valence-corrected chi connectivity index (χ1v) is 9.23. The molecule has 0 spiro atoms. The highest BCUT2D eigenvalue weighted by Gasteiger charge is 2.19. The molecule has 2 aromatic carbocycles. The van der Waals surface area contributed by atoms with Crippen LogP contribution in [-0.4, -0.2) is 29.9 Å². The fourth-order valence-corrected chi connectivity index (χ4v) is 3.00. The Morgan fingerprint density at radius 3 is 2.43 bits per heavy atom. The maximum absolute atomic E-state index is 12.7. The van der Waals surface area contributed by atoms with Crippen molar-refractivity contribution in [3.05, 3.63) is 82.7 Å². The molecule has 8 nitrogen and oxygen atoms in total. The lowest BCUT2D eigenvalue weighted by Crippen LogP contribution is -2.31. The normalized spacial score (nSPS) is 13.0. The van der Waals surface area contributed by atoms with Crippen LogP contribution in [0.1, 0.15) is 39.1 Å². The van der Waals surface area contributed by atoms with Crippen LogP contribution >= 0.6 is 0 Å². The van der Waals surface area contributed by atoms with Crippen LogP contribution in [0.25, 0.3) is 0 Å². The highest BCUT2D eigenvalue weighted by Crippen LogP contribution is 2.23. The number of ether oxygens (including phenoxy) is 1. The van der Waals surface area contributed by atoms with E-state index in [9.17, 15) is 14.7 Å². The summed E-state index contributed by atoms with van der Waals surface area (Å²) >= 11 is 0. The predicted molar refractivity (Wildman–Crippen MR) is 112 cm³/mol. The number of hydrogen-bond donors (Lipinski definition) is 5. The number of nitrogens with two attached hydrogens (primary N) is 1. The van der Waals surface area contributed by atoms with Crippen LogP contribution in [0.2, 0.25) is 0 Å². The number of phenols is 1. The van der Waals surface area contributed by atoms with Gasteiger partial charge in [0.05, 0.1) is 23.9 Å². The molecule has 30 heavy (non-hydrogen) atoms. The van der Waals surface area contributed by atoms with Crippen LogP contribution < -0.4 is 21.1 Å². The van der Waals surface area contributed by atoms with Gasteiger partial charge in [0.25, 0.3) is 11.8 Å². The van der Waals surface area contributed by atoms with Crippen LogP contribution in [0.4, 0.5) is 0 Å². The standard InChI is InChI=1S/C22H22N4O4/c1-30-14-11-9-13(10-12-14)21(28)25-17-7-2-3-8-18(17)26-22(29)16-6-4-5-15(19(16)27)20(23)24/h2,4-7,9-12,27H,3,8H2,1H3,(H3,23,24)(H,25,28)(H,26,29). The third kappa shape index (κ3) is 4.49. The second kappa shape index (κ2) is 8.95. The van der Waals surface area contributed by atoms with E-state index >= 15 is 0 Å². The monoisotopic (exact) mass is 406 g/mol. The quantitative estimate of drug-likeness (QED) is 0.370. The second-order valence-electron chi connectivity index (χ2n) is 6.59. The summed E-state index contributed by atoms with van der Waals surface area (Å²) in [6.45, 7) is 0. The summed E-state index contributed by atoms with van der Waals surface area (Å²) in [6.07, 6.45) is 4.82. The summed E-state index contributed by atoms with van der Waals surface area (Å²) in [5, 5.41) is 23.3. The summed E-state index contributed by atoms with van der Waals surface area (Å²) in [5.41, 5.74) is 6.94. The third-order valence-corrected chi connectivity index (χ3v) is 4.61. The first-order valence-electron chi connectivity index (χ1n) is 9.23. The summed E-state index contributed by atoms with van der Waals surface area (Å²) in [6, 6.07) is 11.1. The van der Waals surface area contributed by atoms with Gasteiger partial charge in [-0.2, -0.15) is 0 Å². The van der Waals surface area contributed by atoms with E-state index in [-0.39, 0.29) is 28.6 Å². The molecule has 0 fully saturated rings. The van der Waals surface area contributed by atoms with E-state index in [1.165, 1.54) is 18.2 Å². The Kier molecular flexibility index (Phi) is 6.17. The first kappa shape index (κ1) is 20.7. The van der Waals surface area contributed by atoms with Crippen molar-refractivity contribution >= 4 is 17.6 Å². The van der Waals surface area contributed by atoms with Crippen molar-refractivity contribution in [3.63, 3.8) is 0 Å². The number of carbonyl (C=O) groups is 2. The number of methoxy groups -OCH3 is 1. The molecule has 0 aromatic heterocycles. The molecule has 1 aliphatic carbocycles. The molecule has 0 atom stereocenters. The van der Waals surface area contributed by atoms with Crippen molar-refractivity contribution in [2.24, 2.45) is 5.73 Å². The van der Waals surface area contributed by atoms with Gasteiger partial charge in [0.1, 0.15) is 17.3 Å². The van der Waals surface area contributed by atoms with Gasteiger partial charge in [-0.3, -0.25) is 15.0 Å². The molecule has 154 valence electrons. The van der Waals surface area contributed by atoms with Gasteiger partial charge in [0, 0.05) is 11.3 Å². The Labute approximate surface area is 173 Å². The minimum absolute atomic E-state index is 0.00872. The number of nitrogens with one attached hydrogen (secondary N) is 3. The molecule has 8 heteroatoms. The van der Waals surface area contributed by atoms with Crippen LogP contribution in [0.3, 0.4) is 0 Å². The maximum Gasteiger partial charge on any atom is 0.259 e. The highest BCUT2D eigenvalue weighted by molar-refractivity contribution is 6.04. The van der Waals surface area contributed by atoms with Crippen LogP contribution in [0.5, 0.6) is 11.5 Å². The van der Waals surface area contributed by atoms with Gasteiger partial charge in [-0.15, -0.1) is 0 Å². The van der Waals surface area contributed by atoms with Crippen LogP contribution in [-0.2, 0) is 0 Å². The second-order valence-corrected chi connectivity index (χ2v) is 6.59. The Bertz CT molecular complexity index is 1060. The first-order chi connectivity index (χ1) is 14.4. The number of para-hydroxylation sites is 1. The number of phenolic OH excluding ortho intramolecular Hbond substituents is 1. The highest BCUT2D eigenvalue weighted by atomic mass is 16.5. The smallest absolute Gasteiger partial charge is 0.259 e. The third-order valence-electron chi connectivity index (χ3n) is 4.61. The lowest BCUT2D eigenvalue weighted by atomic mass is 10.0. The van der Waals surface area contributed by atoms with E-state index < -0.39 is 5.91 Å². The topological polar surface area (TPSA) is 138 Å². The summed E-state index contributed by atoms with van der Waals surface area (Å²) in [5.74, 6) is -0.943. The lowest BCUT2D eigenvalue weighted by molar-refractivity contribution is 0.0946. The predicted octanol–water partition coefficient (Wildman–Crippen LogP) is 2.41. The van der Waals surface area contributed by atoms with Crippen molar-refractivity contribution in [1.82, 2.24) is 10.6 Å². The number of amidine groups is 1. The van der Waals surface area contributed by atoms with E-state index in [1.807, 2.05) is 6.08 Å². The fraction of sp³-hybridized carbons (Fsp3) is 0.136. The zero-order valence-corrected chi connectivity index (χ0v) is 16.4. The van der Waals surface area contributed by atoms with Crippen LogP contribution in [0.15, 0.2) is 66.0 Å². The van der Waals surface area contributed by atoms with Gasteiger partial charge in [-0.1, -0.05) is 12.1 Å². The Morgan fingerprint density at radius 1 is 1.07 bits per heavy atom. The molecule has 1 aliphatic rings. The van der Waals surface area contributed by atoms with E-state index in [1.54, 1.807) is 37.5 Å². The Balaban J connectivity index is 1.81. The van der Waals surface area contributed by atoms with Gasteiger partial charge in [-0.05, 0) is 55.3 Å². The van der Waals surface area contributed by atoms with E-state index in [0.29, 0.717) is 35.5 Å². The Morgan fingerprint density at radius 2 is 1.77 bits per heavy atom. The van der Waals surface area contributed by atoms with Crippen molar-refractivity contribution in [1.29, 1.82) is 5.41 Å². The average Bonchev–Trinajstić information content (AvgIpc) is 2.75. The molecule has 0 unspecified atom stereocenters. The van der Waals surface area contributed by atoms with E-state index in [4.69, 9.17) is 15.9 Å². The van der Waals surface area contributed by atoms with Crippen molar-refractivity contribution in [2.45, 2.75) is 12.8 Å². The average molecular weight is 406 g/mol. The molecule has 6 N–H and O–H groups in total. The zero-order chi connectivity index (χ0) is 21.7. The molecule has 0 bridgehead atoms. The summed E-state index contributed by atoms with van der Waals surface area (Å²) in [7, 11) is 1.55. The van der Waals surface area contributed by atoms with E-state index in [2.05, 4.69) is 10.6 Å². The molecule has 0 radical (unpaired) electrons. The fourth-order valence-electron chi connectivity index (χ4n) is 3.00. The SMILES string of the molecule is COc1ccc(C(=O)NC2=C(NC(=O)c3cccc(C(=N)N)c3O)CCC=C2)cc1. The minimum Gasteiger partial charge on any atom is -0.506 e. The molecular formula is C22H22N4O4. The van der Waals surface area contributed by atoms with Gasteiger partial charge >= 0.3 is 0 Å². The lowest BCUT2D eigenvalue weighted by Gasteiger charge is -2.18. The number of allylic oxidation sites excluding steroid dienone is 3. The largest absolute Gasteiger partial charge is 0.506 e. The molecule has 2 amide bonds. The number of carbonyl (C=O) groups excluding carboxylic acids is 2. The molecule has 0 aliphatic heterocycles.